The van der Waals surface area contributed by atoms with Gasteiger partial charge in [0.25, 0.3) is 0 Å². The fraction of sp³-hybridized carbons (Fsp3) is 0.654. The van der Waals surface area contributed by atoms with E-state index in [2.05, 4.69) is 25.5 Å². The standard InChI is InChI=1S/C26H41N7O2.ClH/c27-23-8-14-32(15-9-23)12-1-2-13-33-16-10-25(31-26(33)34)30-24-7-6-22(19-29-24)20-35-17-3-11-28-18-21-4-5-21;/h6-7,10,16,19,21,23,28H,1-5,8-9,11-15,17-18,20,27H2,(H,29,30,31,34);1H. The van der Waals surface area contributed by atoms with E-state index >= 15 is 0 Å². The van der Waals surface area contributed by atoms with Crippen molar-refractivity contribution >= 4 is 24.0 Å². The van der Waals surface area contributed by atoms with Crippen LogP contribution in [0.1, 0.15) is 50.5 Å². The maximum atomic E-state index is 12.4. The van der Waals surface area contributed by atoms with Crippen LogP contribution < -0.4 is 22.1 Å². The monoisotopic (exact) mass is 519 g/mol. The van der Waals surface area contributed by atoms with E-state index in [-0.39, 0.29) is 18.1 Å². The first-order chi connectivity index (χ1) is 17.2. The SMILES string of the molecule is Cl.NC1CCN(CCCCn2ccc(Nc3ccc(COCCCNCC4CC4)cn3)nc2=O)CC1. The molecular weight excluding hydrogens is 478 g/mol. The molecule has 1 aliphatic carbocycles. The molecule has 2 aromatic heterocycles. The van der Waals surface area contributed by atoms with Gasteiger partial charge in [0.15, 0.2) is 0 Å². The van der Waals surface area contributed by atoms with E-state index in [1.165, 1.54) is 12.8 Å². The quantitative estimate of drug-likeness (QED) is 0.308. The van der Waals surface area contributed by atoms with E-state index in [0.29, 0.717) is 30.8 Å². The molecule has 0 bridgehead atoms. The number of anilines is 2. The number of nitrogens with two attached hydrogens (primary N) is 1. The smallest absolute Gasteiger partial charge is 0.349 e. The van der Waals surface area contributed by atoms with E-state index in [1.54, 1.807) is 17.0 Å². The van der Waals surface area contributed by atoms with Gasteiger partial charge in [-0.05, 0) is 101 Å². The van der Waals surface area contributed by atoms with E-state index in [4.69, 9.17) is 10.5 Å². The Balaban J connectivity index is 0.00000361. The molecule has 4 rings (SSSR count). The zero-order valence-corrected chi connectivity index (χ0v) is 22.1. The second kappa shape index (κ2) is 15.3. The minimum atomic E-state index is -0.240. The van der Waals surface area contributed by atoms with Gasteiger partial charge in [-0.25, -0.2) is 9.78 Å². The fourth-order valence-electron chi connectivity index (χ4n) is 4.30. The van der Waals surface area contributed by atoms with Crippen LogP contribution in [0.3, 0.4) is 0 Å². The Morgan fingerprint density at radius 1 is 1.03 bits per heavy atom. The zero-order chi connectivity index (χ0) is 24.3. The van der Waals surface area contributed by atoms with Gasteiger partial charge in [0.1, 0.15) is 11.6 Å². The number of unbranched alkanes of at least 4 members (excludes halogenated alkanes) is 1. The van der Waals surface area contributed by atoms with Crippen molar-refractivity contribution in [3.8, 4) is 0 Å². The maximum absolute atomic E-state index is 12.4. The predicted molar refractivity (Wildman–Crippen MR) is 146 cm³/mol. The van der Waals surface area contributed by atoms with Crippen molar-refractivity contribution in [2.24, 2.45) is 11.7 Å². The summed E-state index contributed by atoms with van der Waals surface area (Å²) in [6, 6.07) is 6.06. The summed E-state index contributed by atoms with van der Waals surface area (Å²) in [5, 5.41) is 6.59. The second-order valence-corrected chi connectivity index (χ2v) is 9.91. The zero-order valence-electron chi connectivity index (χ0n) is 21.2. The van der Waals surface area contributed by atoms with Crippen molar-refractivity contribution in [2.75, 3.05) is 44.6 Å². The Labute approximate surface area is 220 Å². The average Bonchev–Trinajstić information content (AvgIpc) is 3.69. The Kier molecular flexibility index (Phi) is 12.1. The number of ether oxygens (including phenoxy) is 1. The Morgan fingerprint density at radius 3 is 2.56 bits per heavy atom. The van der Waals surface area contributed by atoms with Crippen LogP contribution in [0.15, 0.2) is 35.4 Å². The normalized spacial score (nSPS) is 16.6. The van der Waals surface area contributed by atoms with Crippen molar-refractivity contribution in [3.05, 3.63) is 46.6 Å². The molecule has 1 saturated heterocycles. The number of pyridine rings is 1. The third-order valence-electron chi connectivity index (χ3n) is 6.75. The molecule has 0 radical (unpaired) electrons. The summed E-state index contributed by atoms with van der Waals surface area (Å²) >= 11 is 0. The van der Waals surface area contributed by atoms with Crippen LogP contribution in [-0.2, 0) is 17.9 Å². The molecule has 3 heterocycles. The lowest BCUT2D eigenvalue weighted by Crippen LogP contribution is -2.40. The van der Waals surface area contributed by atoms with Gasteiger partial charge < -0.3 is 26.0 Å². The Morgan fingerprint density at radius 2 is 1.83 bits per heavy atom. The summed E-state index contributed by atoms with van der Waals surface area (Å²) < 4.78 is 7.42. The van der Waals surface area contributed by atoms with Crippen LogP contribution in [0.25, 0.3) is 0 Å². The molecule has 1 saturated carbocycles. The maximum Gasteiger partial charge on any atom is 0.349 e. The molecule has 0 spiro atoms. The topological polar surface area (TPSA) is 110 Å². The Hall–Kier alpha value is -2.04. The number of halogens is 1. The highest BCUT2D eigenvalue weighted by molar-refractivity contribution is 5.85. The summed E-state index contributed by atoms with van der Waals surface area (Å²) in [4.78, 5) is 23.5. The highest BCUT2D eigenvalue weighted by atomic mass is 35.5. The number of rotatable bonds is 15. The lowest BCUT2D eigenvalue weighted by Gasteiger charge is -2.29. The summed E-state index contributed by atoms with van der Waals surface area (Å²) in [5.41, 5.74) is 6.75. The lowest BCUT2D eigenvalue weighted by molar-refractivity contribution is 0.118. The van der Waals surface area contributed by atoms with Crippen LogP contribution >= 0.6 is 12.4 Å². The van der Waals surface area contributed by atoms with Gasteiger partial charge in [0.05, 0.1) is 6.61 Å². The third kappa shape index (κ3) is 10.1. The third-order valence-corrected chi connectivity index (χ3v) is 6.75. The van der Waals surface area contributed by atoms with Crippen LogP contribution in [0, 0.1) is 5.92 Å². The van der Waals surface area contributed by atoms with Gasteiger partial charge in [0, 0.05) is 31.6 Å². The molecule has 4 N–H and O–H groups in total. The number of hydrogen-bond acceptors (Lipinski definition) is 8. The van der Waals surface area contributed by atoms with E-state index in [9.17, 15) is 4.79 Å². The number of aromatic nitrogens is 3. The molecule has 10 heteroatoms. The number of piperidine rings is 1. The molecule has 36 heavy (non-hydrogen) atoms. The second-order valence-electron chi connectivity index (χ2n) is 9.91. The first-order valence-electron chi connectivity index (χ1n) is 13.2. The van der Waals surface area contributed by atoms with Gasteiger partial charge in [-0.15, -0.1) is 12.4 Å². The van der Waals surface area contributed by atoms with Crippen molar-refractivity contribution in [2.45, 2.75) is 64.1 Å². The molecule has 200 valence electrons. The lowest BCUT2D eigenvalue weighted by atomic mass is 10.1. The summed E-state index contributed by atoms with van der Waals surface area (Å²) in [5.74, 6) is 2.08. The van der Waals surface area contributed by atoms with Crippen LogP contribution in [0.4, 0.5) is 11.6 Å². The summed E-state index contributed by atoms with van der Waals surface area (Å²) in [7, 11) is 0. The number of aryl methyl sites for hydroxylation is 1. The number of nitrogens with zero attached hydrogens (tertiary/aromatic N) is 4. The molecule has 0 aromatic carbocycles. The molecule has 0 amide bonds. The average molecular weight is 520 g/mol. The van der Waals surface area contributed by atoms with Gasteiger partial charge in [-0.2, -0.15) is 4.98 Å². The molecular formula is C26H42ClN7O2. The van der Waals surface area contributed by atoms with Crippen molar-refractivity contribution in [3.63, 3.8) is 0 Å². The minimum absolute atomic E-state index is 0. The summed E-state index contributed by atoms with van der Waals surface area (Å²) in [6.07, 6.45) is 11.6. The first-order valence-corrected chi connectivity index (χ1v) is 13.2. The first kappa shape index (κ1) is 28.5. The minimum Gasteiger partial charge on any atom is -0.377 e. The molecule has 9 nitrogen and oxygen atoms in total. The molecule has 0 unspecified atom stereocenters. The molecule has 2 aromatic rings. The molecule has 1 aliphatic heterocycles. The molecule has 0 atom stereocenters. The number of hydrogen-bond donors (Lipinski definition) is 3. The molecule has 2 aliphatic rings. The van der Waals surface area contributed by atoms with Gasteiger partial charge >= 0.3 is 5.69 Å². The molecule has 2 fully saturated rings. The van der Waals surface area contributed by atoms with Crippen LogP contribution in [0.5, 0.6) is 0 Å². The Bertz CT molecular complexity index is 944. The van der Waals surface area contributed by atoms with E-state index in [0.717, 1.165) is 82.9 Å². The highest BCUT2D eigenvalue weighted by Crippen LogP contribution is 2.27. The van der Waals surface area contributed by atoms with E-state index < -0.39 is 0 Å². The fourth-order valence-corrected chi connectivity index (χ4v) is 4.30. The largest absolute Gasteiger partial charge is 0.377 e. The highest BCUT2D eigenvalue weighted by Gasteiger charge is 2.19. The van der Waals surface area contributed by atoms with Crippen LogP contribution in [0.2, 0.25) is 0 Å². The van der Waals surface area contributed by atoms with Gasteiger partial charge in [-0.3, -0.25) is 4.57 Å². The summed E-state index contributed by atoms with van der Waals surface area (Å²) in [6.45, 7) is 7.38. The van der Waals surface area contributed by atoms with Crippen LogP contribution in [-0.4, -0.2) is 64.8 Å². The number of likely N-dealkylation sites (tertiary alicyclic amines) is 1. The van der Waals surface area contributed by atoms with Gasteiger partial charge in [0.2, 0.25) is 0 Å². The number of nitrogens with one attached hydrogen (secondary N) is 2. The van der Waals surface area contributed by atoms with E-state index in [1.807, 2.05) is 18.2 Å². The van der Waals surface area contributed by atoms with Crippen molar-refractivity contribution < 1.29 is 4.74 Å². The predicted octanol–water partition coefficient (Wildman–Crippen LogP) is 2.91. The van der Waals surface area contributed by atoms with Crippen molar-refractivity contribution in [1.82, 2.24) is 24.8 Å². The van der Waals surface area contributed by atoms with Gasteiger partial charge in [-0.1, -0.05) is 6.07 Å². The van der Waals surface area contributed by atoms with Crippen molar-refractivity contribution in [1.29, 1.82) is 0 Å².